The minimum absolute atomic E-state index is 0.0714. The monoisotopic (exact) mass is 341 g/mol. The Hall–Kier alpha value is -2.46. The number of hydrogen-bond acceptors (Lipinski definition) is 2. The van der Waals surface area contributed by atoms with Gasteiger partial charge in [-0.1, -0.05) is 23.7 Å². The van der Waals surface area contributed by atoms with E-state index in [1.807, 2.05) is 0 Å². The average molecular weight is 342 g/mol. The van der Waals surface area contributed by atoms with Gasteiger partial charge in [-0.2, -0.15) is 0 Å². The molecule has 1 N–H and O–H groups in total. The van der Waals surface area contributed by atoms with Gasteiger partial charge in [0.05, 0.1) is 11.1 Å². The molecule has 0 bridgehead atoms. The Morgan fingerprint density at radius 3 is 2.54 bits per heavy atom. The number of aromatic amines is 1. The molecule has 5 heteroatoms. The Balaban J connectivity index is 1.85. The van der Waals surface area contributed by atoms with Crippen LogP contribution in [-0.4, -0.2) is 10.8 Å². The van der Waals surface area contributed by atoms with Crippen LogP contribution in [0.25, 0.3) is 10.9 Å². The van der Waals surface area contributed by atoms with Crippen molar-refractivity contribution in [1.82, 2.24) is 4.98 Å². The third kappa shape index (κ3) is 2.43. The first-order valence-electron chi connectivity index (χ1n) is 7.66. The number of carbonyl (C=O) groups excluding carboxylic acids is 1. The standard InChI is InChI=1S/C19H13ClFNO2/c20-12-3-6-14-15(9-12)22-16-7-11(8-17(23)18(16)19(14)24)10-1-4-13(21)5-2-10/h1-6,9,11H,7-8H2,(H,22,24). The first kappa shape index (κ1) is 15.1. The lowest BCUT2D eigenvalue weighted by Crippen LogP contribution is -2.27. The van der Waals surface area contributed by atoms with E-state index < -0.39 is 0 Å². The molecule has 1 unspecified atom stereocenters. The van der Waals surface area contributed by atoms with E-state index >= 15 is 0 Å². The fraction of sp³-hybridized carbons (Fsp3) is 0.158. The third-order valence-corrected chi connectivity index (χ3v) is 4.78. The lowest BCUT2D eigenvalue weighted by atomic mass is 9.81. The SMILES string of the molecule is O=C1CC(c2ccc(F)cc2)Cc2[nH]c3cc(Cl)ccc3c(=O)c21. The number of H-pyrrole nitrogens is 1. The Morgan fingerprint density at radius 2 is 1.79 bits per heavy atom. The molecule has 1 aliphatic carbocycles. The lowest BCUT2D eigenvalue weighted by molar-refractivity contribution is 0.0962. The molecule has 24 heavy (non-hydrogen) atoms. The zero-order valence-electron chi connectivity index (χ0n) is 12.6. The molecule has 0 aliphatic heterocycles. The van der Waals surface area contributed by atoms with Gasteiger partial charge in [-0.15, -0.1) is 0 Å². The Labute approximate surface area is 142 Å². The number of benzene rings is 2. The highest BCUT2D eigenvalue weighted by molar-refractivity contribution is 6.31. The normalized spacial score (nSPS) is 17.1. The molecule has 1 aliphatic rings. The highest BCUT2D eigenvalue weighted by atomic mass is 35.5. The number of aromatic nitrogens is 1. The van der Waals surface area contributed by atoms with Crippen LogP contribution in [0.1, 0.15) is 34.0 Å². The van der Waals surface area contributed by atoms with Crippen LogP contribution in [-0.2, 0) is 6.42 Å². The van der Waals surface area contributed by atoms with E-state index in [1.54, 1.807) is 30.3 Å². The maximum absolute atomic E-state index is 13.1. The van der Waals surface area contributed by atoms with Crippen LogP contribution in [0, 0.1) is 5.82 Å². The topological polar surface area (TPSA) is 49.9 Å². The molecule has 120 valence electrons. The number of halogens is 2. The first-order valence-corrected chi connectivity index (χ1v) is 8.04. The van der Waals surface area contributed by atoms with Crippen LogP contribution in [0.2, 0.25) is 5.02 Å². The second-order valence-corrected chi connectivity index (χ2v) is 6.51. The van der Waals surface area contributed by atoms with Crippen LogP contribution in [0.3, 0.4) is 0 Å². The van der Waals surface area contributed by atoms with Crippen molar-refractivity contribution >= 4 is 28.3 Å². The van der Waals surface area contributed by atoms with Crippen molar-refractivity contribution in [3.8, 4) is 0 Å². The molecule has 0 saturated carbocycles. The molecule has 1 atom stereocenters. The number of carbonyl (C=O) groups is 1. The second kappa shape index (κ2) is 5.56. The van der Waals surface area contributed by atoms with Gasteiger partial charge in [-0.05, 0) is 48.2 Å². The van der Waals surface area contributed by atoms with Gasteiger partial charge < -0.3 is 4.98 Å². The minimum Gasteiger partial charge on any atom is -0.358 e. The van der Waals surface area contributed by atoms with Gasteiger partial charge in [-0.25, -0.2) is 4.39 Å². The Kier molecular flexibility index (Phi) is 3.50. The van der Waals surface area contributed by atoms with Gasteiger partial charge in [0.2, 0.25) is 0 Å². The van der Waals surface area contributed by atoms with Crippen LogP contribution in [0.4, 0.5) is 4.39 Å². The molecule has 3 aromatic rings. The summed E-state index contributed by atoms with van der Waals surface area (Å²) < 4.78 is 13.1. The van der Waals surface area contributed by atoms with E-state index in [2.05, 4.69) is 4.98 Å². The first-order chi connectivity index (χ1) is 11.5. The molecular formula is C19H13ClFNO2. The van der Waals surface area contributed by atoms with Gasteiger partial charge in [0.25, 0.3) is 0 Å². The van der Waals surface area contributed by atoms with E-state index in [1.165, 1.54) is 12.1 Å². The average Bonchev–Trinajstić information content (AvgIpc) is 2.54. The summed E-state index contributed by atoms with van der Waals surface area (Å²) in [7, 11) is 0. The fourth-order valence-corrected chi connectivity index (χ4v) is 3.55. The van der Waals surface area contributed by atoms with Crippen LogP contribution < -0.4 is 5.43 Å². The number of Topliss-reactive ketones (excluding diaryl/α,β-unsaturated/α-hetero) is 1. The molecule has 0 radical (unpaired) electrons. The zero-order valence-corrected chi connectivity index (χ0v) is 13.4. The van der Waals surface area contributed by atoms with Crippen molar-refractivity contribution in [3.63, 3.8) is 0 Å². The lowest BCUT2D eigenvalue weighted by Gasteiger charge is -2.24. The second-order valence-electron chi connectivity index (χ2n) is 6.08. The summed E-state index contributed by atoms with van der Waals surface area (Å²) in [6, 6.07) is 11.1. The van der Waals surface area contributed by atoms with Crippen molar-refractivity contribution < 1.29 is 9.18 Å². The third-order valence-electron chi connectivity index (χ3n) is 4.54. The van der Waals surface area contributed by atoms with Gasteiger partial charge >= 0.3 is 0 Å². The van der Waals surface area contributed by atoms with Crippen molar-refractivity contribution in [2.75, 3.05) is 0 Å². The van der Waals surface area contributed by atoms with Crippen molar-refractivity contribution in [2.24, 2.45) is 0 Å². The molecule has 0 fully saturated rings. The summed E-state index contributed by atoms with van der Waals surface area (Å²) >= 11 is 6.00. The Morgan fingerprint density at radius 1 is 1.04 bits per heavy atom. The van der Waals surface area contributed by atoms with E-state index in [4.69, 9.17) is 11.6 Å². The number of hydrogen-bond donors (Lipinski definition) is 1. The molecule has 0 saturated heterocycles. The largest absolute Gasteiger partial charge is 0.358 e. The van der Waals surface area contributed by atoms with Crippen LogP contribution >= 0.6 is 11.6 Å². The van der Waals surface area contributed by atoms with Crippen LogP contribution in [0.5, 0.6) is 0 Å². The molecule has 1 aromatic heterocycles. The molecule has 1 heterocycles. The van der Waals surface area contributed by atoms with Crippen molar-refractivity contribution in [3.05, 3.63) is 80.3 Å². The Bertz CT molecular complexity index is 1020. The number of nitrogens with one attached hydrogen (secondary N) is 1. The predicted molar refractivity (Wildman–Crippen MR) is 91.4 cm³/mol. The van der Waals surface area contributed by atoms with Gasteiger partial charge in [0, 0.05) is 22.5 Å². The fourth-order valence-electron chi connectivity index (χ4n) is 3.38. The smallest absolute Gasteiger partial charge is 0.200 e. The summed E-state index contributed by atoms with van der Waals surface area (Å²) in [4.78, 5) is 28.4. The molecule has 0 amide bonds. The molecule has 4 rings (SSSR count). The van der Waals surface area contributed by atoms with Crippen molar-refractivity contribution in [2.45, 2.75) is 18.8 Å². The maximum atomic E-state index is 13.1. The van der Waals surface area contributed by atoms with Crippen molar-refractivity contribution in [1.29, 1.82) is 0 Å². The summed E-state index contributed by atoms with van der Waals surface area (Å²) in [5.74, 6) is -0.558. The van der Waals surface area contributed by atoms with Gasteiger partial charge in [0.15, 0.2) is 11.2 Å². The van der Waals surface area contributed by atoms with Gasteiger partial charge in [0.1, 0.15) is 5.82 Å². The number of pyridine rings is 1. The van der Waals surface area contributed by atoms with Gasteiger partial charge in [-0.3, -0.25) is 9.59 Å². The molecule has 0 spiro atoms. The summed E-state index contributed by atoms with van der Waals surface area (Å²) in [5.41, 5.74) is 2.13. The molecule has 2 aromatic carbocycles. The quantitative estimate of drug-likeness (QED) is 0.720. The predicted octanol–water partition coefficient (Wildman–Crippen LogP) is 4.23. The minimum atomic E-state index is -0.310. The van der Waals surface area contributed by atoms with E-state index in [0.717, 1.165) is 5.56 Å². The van der Waals surface area contributed by atoms with E-state index in [0.29, 0.717) is 28.0 Å². The number of rotatable bonds is 1. The summed E-state index contributed by atoms with van der Waals surface area (Å²) in [5, 5.41) is 0.988. The number of ketones is 1. The molecular weight excluding hydrogens is 329 g/mol. The zero-order chi connectivity index (χ0) is 16.8. The molecule has 3 nitrogen and oxygen atoms in total. The van der Waals surface area contributed by atoms with Crippen LogP contribution in [0.15, 0.2) is 47.3 Å². The summed E-state index contributed by atoms with van der Waals surface area (Å²) in [6.07, 6.45) is 0.783. The maximum Gasteiger partial charge on any atom is 0.200 e. The van der Waals surface area contributed by atoms with E-state index in [-0.39, 0.29) is 34.9 Å². The van der Waals surface area contributed by atoms with E-state index in [9.17, 15) is 14.0 Å². The highest BCUT2D eigenvalue weighted by Crippen LogP contribution is 2.32. The highest BCUT2D eigenvalue weighted by Gasteiger charge is 2.29. The number of fused-ring (bicyclic) bond motifs is 2. The summed E-state index contributed by atoms with van der Waals surface area (Å²) in [6.45, 7) is 0.